The van der Waals surface area contributed by atoms with Crippen molar-refractivity contribution in [2.24, 2.45) is 5.10 Å². The maximum Gasteiger partial charge on any atom is 0.203 e. The SMILES string of the molecule is CCCOc1ccc(/C=N\Nc2nc(-c3ccc(OC)cc3)cs2)cc1Cl. The summed E-state index contributed by atoms with van der Waals surface area (Å²) in [6, 6.07) is 13.4. The highest BCUT2D eigenvalue weighted by Gasteiger charge is 2.05. The van der Waals surface area contributed by atoms with Gasteiger partial charge in [0, 0.05) is 10.9 Å². The minimum atomic E-state index is 0.573. The van der Waals surface area contributed by atoms with Crippen LogP contribution in [-0.2, 0) is 0 Å². The van der Waals surface area contributed by atoms with Crippen LogP contribution < -0.4 is 14.9 Å². The predicted molar refractivity (Wildman–Crippen MR) is 113 cm³/mol. The van der Waals surface area contributed by atoms with Crippen LogP contribution in [0.15, 0.2) is 52.9 Å². The second-order valence-electron chi connectivity index (χ2n) is 5.67. The summed E-state index contributed by atoms with van der Waals surface area (Å²) in [6.45, 7) is 2.70. The molecule has 7 heteroatoms. The van der Waals surface area contributed by atoms with Crippen molar-refractivity contribution in [3.05, 3.63) is 58.4 Å². The molecule has 0 spiro atoms. The van der Waals surface area contributed by atoms with E-state index in [1.807, 2.05) is 47.8 Å². The van der Waals surface area contributed by atoms with Crippen molar-refractivity contribution >= 4 is 34.3 Å². The van der Waals surface area contributed by atoms with E-state index in [0.29, 0.717) is 22.5 Å². The maximum atomic E-state index is 6.23. The molecule has 0 saturated heterocycles. The number of hydrazone groups is 1. The Balaban J connectivity index is 1.61. The first-order valence-corrected chi connectivity index (χ1v) is 9.76. The van der Waals surface area contributed by atoms with Gasteiger partial charge in [-0.05, 0) is 54.4 Å². The van der Waals surface area contributed by atoms with Crippen molar-refractivity contribution in [3.63, 3.8) is 0 Å². The molecule has 1 heterocycles. The number of thiazole rings is 1. The molecule has 0 unspecified atom stereocenters. The van der Waals surface area contributed by atoms with E-state index < -0.39 is 0 Å². The molecule has 1 N–H and O–H groups in total. The fourth-order valence-corrected chi connectivity index (χ4v) is 3.22. The Bertz CT molecular complexity index is 910. The molecule has 0 atom stereocenters. The van der Waals surface area contributed by atoms with E-state index in [-0.39, 0.29) is 0 Å². The van der Waals surface area contributed by atoms with Gasteiger partial charge in [-0.2, -0.15) is 5.10 Å². The molecule has 27 heavy (non-hydrogen) atoms. The third kappa shape index (κ3) is 5.21. The summed E-state index contributed by atoms with van der Waals surface area (Å²) in [5, 5.41) is 7.50. The summed E-state index contributed by atoms with van der Waals surface area (Å²) in [7, 11) is 1.65. The van der Waals surface area contributed by atoms with Gasteiger partial charge < -0.3 is 9.47 Å². The molecular weight excluding hydrogens is 382 g/mol. The minimum Gasteiger partial charge on any atom is -0.497 e. The van der Waals surface area contributed by atoms with Gasteiger partial charge in [-0.1, -0.05) is 18.5 Å². The zero-order chi connectivity index (χ0) is 19.1. The van der Waals surface area contributed by atoms with Crippen LogP contribution >= 0.6 is 22.9 Å². The number of aromatic nitrogens is 1. The van der Waals surface area contributed by atoms with Crippen LogP contribution in [0.5, 0.6) is 11.5 Å². The number of ether oxygens (including phenoxy) is 2. The molecule has 5 nitrogen and oxygen atoms in total. The molecule has 0 saturated carbocycles. The zero-order valence-electron chi connectivity index (χ0n) is 15.1. The second kappa shape index (κ2) is 9.39. The summed E-state index contributed by atoms with van der Waals surface area (Å²) >= 11 is 7.72. The molecule has 0 aliphatic carbocycles. The minimum absolute atomic E-state index is 0.573. The standard InChI is InChI=1S/C20H20ClN3O2S/c1-3-10-26-19-9-4-14(11-17(19)21)12-22-24-20-23-18(13-27-20)15-5-7-16(25-2)8-6-15/h4-9,11-13H,3,10H2,1-2H3,(H,23,24)/b22-12-. The molecule has 0 amide bonds. The third-order valence-electron chi connectivity index (χ3n) is 3.68. The normalized spacial score (nSPS) is 10.9. The Labute approximate surface area is 167 Å². The number of methoxy groups -OCH3 is 1. The highest BCUT2D eigenvalue weighted by molar-refractivity contribution is 7.14. The van der Waals surface area contributed by atoms with E-state index in [1.54, 1.807) is 13.3 Å². The van der Waals surface area contributed by atoms with Gasteiger partial charge in [0.2, 0.25) is 5.13 Å². The highest BCUT2D eigenvalue weighted by atomic mass is 35.5. The summed E-state index contributed by atoms with van der Waals surface area (Å²) in [4.78, 5) is 4.54. The zero-order valence-corrected chi connectivity index (χ0v) is 16.7. The van der Waals surface area contributed by atoms with E-state index in [0.717, 1.165) is 29.0 Å². The highest BCUT2D eigenvalue weighted by Crippen LogP contribution is 2.27. The predicted octanol–water partition coefficient (Wildman–Crippen LogP) is 5.71. The smallest absolute Gasteiger partial charge is 0.203 e. The molecule has 0 fully saturated rings. The van der Waals surface area contributed by atoms with Crippen molar-refractivity contribution in [2.45, 2.75) is 13.3 Å². The lowest BCUT2D eigenvalue weighted by Crippen LogP contribution is -1.96. The monoisotopic (exact) mass is 401 g/mol. The van der Waals surface area contributed by atoms with Crippen molar-refractivity contribution in [1.29, 1.82) is 0 Å². The number of halogens is 1. The van der Waals surface area contributed by atoms with Gasteiger partial charge >= 0.3 is 0 Å². The lowest BCUT2D eigenvalue weighted by Gasteiger charge is -2.06. The first-order chi connectivity index (χ1) is 13.2. The van der Waals surface area contributed by atoms with E-state index >= 15 is 0 Å². The Morgan fingerprint density at radius 1 is 1.22 bits per heavy atom. The fraction of sp³-hybridized carbons (Fsp3) is 0.200. The molecule has 0 aliphatic heterocycles. The van der Waals surface area contributed by atoms with Crippen LogP contribution in [0.2, 0.25) is 5.02 Å². The molecule has 3 rings (SSSR count). The number of nitrogens with zero attached hydrogens (tertiary/aromatic N) is 2. The third-order valence-corrected chi connectivity index (χ3v) is 4.72. The van der Waals surface area contributed by atoms with Crippen LogP contribution in [0, 0.1) is 0 Å². The van der Waals surface area contributed by atoms with Gasteiger partial charge in [0.1, 0.15) is 11.5 Å². The van der Waals surface area contributed by atoms with Gasteiger partial charge in [0.25, 0.3) is 0 Å². The first kappa shape index (κ1) is 19.2. The van der Waals surface area contributed by atoms with E-state index in [1.165, 1.54) is 11.3 Å². The maximum absolute atomic E-state index is 6.23. The van der Waals surface area contributed by atoms with Gasteiger partial charge in [0.15, 0.2) is 0 Å². The molecule has 140 valence electrons. The molecule has 0 radical (unpaired) electrons. The largest absolute Gasteiger partial charge is 0.497 e. The summed E-state index contributed by atoms with van der Waals surface area (Å²) in [5.74, 6) is 1.51. The van der Waals surface area contributed by atoms with Gasteiger partial charge in [-0.15, -0.1) is 11.3 Å². The number of hydrogen-bond acceptors (Lipinski definition) is 6. The van der Waals surface area contributed by atoms with Gasteiger partial charge in [-0.25, -0.2) is 4.98 Å². The fourth-order valence-electron chi connectivity index (χ4n) is 2.31. The van der Waals surface area contributed by atoms with Crippen LogP contribution in [-0.4, -0.2) is 24.9 Å². The average Bonchev–Trinajstić information content (AvgIpc) is 3.16. The molecule has 3 aromatic rings. The van der Waals surface area contributed by atoms with E-state index in [4.69, 9.17) is 21.1 Å². The molecular formula is C20H20ClN3O2S. The van der Waals surface area contributed by atoms with E-state index in [9.17, 15) is 0 Å². The molecule has 0 bridgehead atoms. The second-order valence-corrected chi connectivity index (χ2v) is 6.94. The number of benzene rings is 2. The van der Waals surface area contributed by atoms with Crippen molar-refractivity contribution in [3.8, 4) is 22.8 Å². The average molecular weight is 402 g/mol. The lowest BCUT2D eigenvalue weighted by molar-refractivity contribution is 0.317. The van der Waals surface area contributed by atoms with Crippen molar-refractivity contribution < 1.29 is 9.47 Å². The van der Waals surface area contributed by atoms with Crippen LogP contribution in [0.1, 0.15) is 18.9 Å². The summed E-state index contributed by atoms with van der Waals surface area (Å²) in [5.41, 5.74) is 5.75. The Kier molecular flexibility index (Phi) is 6.68. The lowest BCUT2D eigenvalue weighted by atomic mass is 10.2. The van der Waals surface area contributed by atoms with Crippen LogP contribution in [0.4, 0.5) is 5.13 Å². The number of rotatable bonds is 8. The molecule has 2 aromatic carbocycles. The Morgan fingerprint density at radius 2 is 2.04 bits per heavy atom. The topological polar surface area (TPSA) is 55.7 Å². The molecule has 1 aromatic heterocycles. The van der Waals surface area contributed by atoms with Crippen LogP contribution in [0.3, 0.4) is 0 Å². The van der Waals surface area contributed by atoms with Crippen molar-refractivity contribution in [2.75, 3.05) is 19.1 Å². The number of nitrogens with one attached hydrogen (secondary N) is 1. The van der Waals surface area contributed by atoms with Gasteiger partial charge in [-0.3, -0.25) is 5.43 Å². The number of hydrogen-bond donors (Lipinski definition) is 1. The quantitative estimate of drug-likeness (QED) is 0.388. The number of anilines is 1. The summed E-state index contributed by atoms with van der Waals surface area (Å²) in [6.07, 6.45) is 2.64. The van der Waals surface area contributed by atoms with Gasteiger partial charge in [0.05, 0.1) is 30.6 Å². The van der Waals surface area contributed by atoms with Crippen molar-refractivity contribution in [1.82, 2.24) is 4.98 Å². The molecule has 0 aliphatic rings. The van der Waals surface area contributed by atoms with E-state index in [2.05, 4.69) is 22.4 Å². The first-order valence-electron chi connectivity index (χ1n) is 8.51. The summed E-state index contributed by atoms with van der Waals surface area (Å²) < 4.78 is 10.7. The Hall–Kier alpha value is -2.57. The Morgan fingerprint density at radius 3 is 2.74 bits per heavy atom. The van der Waals surface area contributed by atoms with Crippen LogP contribution in [0.25, 0.3) is 11.3 Å².